The smallest absolute Gasteiger partial charge is 0.0109 e. The summed E-state index contributed by atoms with van der Waals surface area (Å²) in [5, 5.41) is 2.60. The highest BCUT2D eigenvalue weighted by Gasteiger charge is 2.01. The van der Waals surface area contributed by atoms with Gasteiger partial charge in [-0.05, 0) is 42.7 Å². The van der Waals surface area contributed by atoms with Crippen LogP contribution in [0.3, 0.4) is 0 Å². The van der Waals surface area contributed by atoms with E-state index in [2.05, 4.69) is 75.9 Å². The molecule has 2 aromatic rings. The van der Waals surface area contributed by atoms with Crippen molar-refractivity contribution in [2.45, 2.75) is 20.8 Å². The Bertz CT molecular complexity index is 669. The van der Waals surface area contributed by atoms with E-state index in [0.717, 1.165) is 0 Å². The molecule has 0 aliphatic carbocycles. The number of hydrogen-bond acceptors (Lipinski definition) is 0. The van der Waals surface area contributed by atoms with Crippen LogP contribution in [0.1, 0.15) is 25.0 Å². The summed E-state index contributed by atoms with van der Waals surface area (Å²) >= 11 is 0. The van der Waals surface area contributed by atoms with E-state index in [9.17, 15) is 0 Å². The largest absolute Gasteiger partial charge is 0.0988 e. The minimum absolute atomic E-state index is 1.19. The third kappa shape index (κ3) is 3.03. The molecule has 0 saturated heterocycles. The zero-order chi connectivity index (χ0) is 13.8. The summed E-state index contributed by atoms with van der Waals surface area (Å²) in [6, 6.07) is 12.9. The fourth-order valence-corrected chi connectivity index (χ4v) is 2.28. The van der Waals surface area contributed by atoms with Gasteiger partial charge in [-0.15, -0.1) is 0 Å². The van der Waals surface area contributed by atoms with Gasteiger partial charge in [-0.1, -0.05) is 72.4 Å². The van der Waals surface area contributed by atoms with E-state index in [4.69, 9.17) is 0 Å². The Morgan fingerprint density at radius 3 is 2.47 bits per heavy atom. The zero-order valence-corrected chi connectivity index (χ0v) is 11.9. The molecule has 0 aliphatic rings. The molecule has 0 nitrogen and oxygen atoms in total. The first-order valence-electron chi connectivity index (χ1n) is 6.59. The maximum Gasteiger partial charge on any atom is -0.0109 e. The summed E-state index contributed by atoms with van der Waals surface area (Å²) in [7, 11) is 0. The van der Waals surface area contributed by atoms with Crippen molar-refractivity contribution in [2.75, 3.05) is 0 Å². The van der Waals surface area contributed by atoms with Gasteiger partial charge in [0, 0.05) is 0 Å². The Kier molecular flexibility index (Phi) is 4.01. The molecular formula is C19H20. The second-order valence-corrected chi connectivity index (χ2v) is 5.00. The number of benzene rings is 2. The fraction of sp³-hybridized carbons (Fsp3) is 0.158. The van der Waals surface area contributed by atoms with Crippen LogP contribution in [0.4, 0.5) is 0 Å². The molecule has 0 amide bonds. The third-order valence-corrected chi connectivity index (χ3v) is 3.34. The first-order valence-corrected chi connectivity index (χ1v) is 6.59. The van der Waals surface area contributed by atoms with Crippen molar-refractivity contribution >= 4 is 16.8 Å². The van der Waals surface area contributed by atoms with E-state index in [-0.39, 0.29) is 0 Å². The van der Waals surface area contributed by atoms with Gasteiger partial charge in [0.1, 0.15) is 0 Å². The lowest BCUT2D eigenvalue weighted by Gasteiger charge is -2.07. The van der Waals surface area contributed by atoms with Gasteiger partial charge < -0.3 is 0 Å². The quantitative estimate of drug-likeness (QED) is 0.613. The second kappa shape index (κ2) is 5.71. The average Bonchev–Trinajstić information content (AvgIpc) is 2.42. The molecule has 0 saturated carbocycles. The average molecular weight is 248 g/mol. The molecular weight excluding hydrogens is 228 g/mol. The first kappa shape index (κ1) is 13.4. The van der Waals surface area contributed by atoms with Crippen LogP contribution in [0.15, 0.2) is 66.3 Å². The van der Waals surface area contributed by atoms with Crippen LogP contribution >= 0.6 is 0 Å². The Labute approximate surface area is 115 Å². The lowest BCUT2D eigenvalue weighted by molar-refractivity contribution is 1.43. The molecule has 0 aliphatic heterocycles. The van der Waals surface area contributed by atoms with E-state index < -0.39 is 0 Å². The zero-order valence-electron chi connectivity index (χ0n) is 11.9. The molecule has 0 heteroatoms. The third-order valence-electron chi connectivity index (χ3n) is 3.34. The normalized spacial score (nSPS) is 12.8. The Hall–Kier alpha value is -2.08. The van der Waals surface area contributed by atoms with E-state index in [1.165, 1.54) is 33.0 Å². The topological polar surface area (TPSA) is 0 Å². The monoisotopic (exact) mass is 248 g/mol. The SMILES string of the molecule is C=C/C(C)=C\C(C)=C\c1c(C)ccc2ccccc12. The molecule has 19 heavy (non-hydrogen) atoms. The number of rotatable bonds is 3. The van der Waals surface area contributed by atoms with Crippen LogP contribution in [0.25, 0.3) is 16.8 Å². The molecule has 2 rings (SSSR count). The van der Waals surface area contributed by atoms with Gasteiger partial charge >= 0.3 is 0 Å². The molecule has 0 bridgehead atoms. The van der Waals surface area contributed by atoms with E-state index in [1.54, 1.807) is 0 Å². The summed E-state index contributed by atoms with van der Waals surface area (Å²) in [4.78, 5) is 0. The molecule has 2 aromatic carbocycles. The standard InChI is InChI=1S/C19H20/c1-5-14(2)12-15(3)13-19-16(4)10-11-17-8-6-7-9-18(17)19/h5-13H,1H2,2-4H3/b14-12-,15-13+. The summed E-state index contributed by atoms with van der Waals surface area (Å²) in [5.74, 6) is 0. The fourth-order valence-electron chi connectivity index (χ4n) is 2.28. The molecule has 0 fully saturated rings. The highest BCUT2D eigenvalue weighted by Crippen LogP contribution is 2.24. The number of fused-ring (bicyclic) bond motifs is 1. The van der Waals surface area contributed by atoms with Gasteiger partial charge in [-0.25, -0.2) is 0 Å². The minimum Gasteiger partial charge on any atom is -0.0988 e. The maximum absolute atomic E-state index is 3.79. The maximum atomic E-state index is 3.79. The molecule has 0 radical (unpaired) electrons. The molecule has 0 N–H and O–H groups in total. The van der Waals surface area contributed by atoms with Gasteiger partial charge in [-0.2, -0.15) is 0 Å². The van der Waals surface area contributed by atoms with Crippen molar-refractivity contribution in [1.29, 1.82) is 0 Å². The van der Waals surface area contributed by atoms with Crippen LogP contribution in [0.5, 0.6) is 0 Å². The predicted octanol–water partition coefficient (Wildman–Crippen LogP) is 5.68. The summed E-state index contributed by atoms with van der Waals surface area (Å²) < 4.78 is 0. The second-order valence-electron chi connectivity index (χ2n) is 5.00. The summed E-state index contributed by atoms with van der Waals surface area (Å²) in [6.45, 7) is 10.2. The van der Waals surface area contributed by atoms with E-state index >= 15 is 0 Å². The van der Waals surface area contributed by atoms with Crippen molar-refractivity contribution in [2.24, 2.45) is 0 Å². The highest BCUT2D eigenvalue weighted by molar-refractivity contribution is 5.92. The minimum atomic E-state index is 1.19. The van der Waals surface area contributed by atoms with Crippen LogP contribution in [0, 0.1) is 6.92 Å². The number of aryl methyl sites for hydroxylation is 1. The summed E-state index contributed by atoms with van der Waals surface area (Å²) in [5.41, 5.74) is 5.05. The van der Waals surface area contributed by atoms with Gasteiger partial charge in [0.25, 0.3) is 0 Å². The van der Waals surface area contributed by atoms with E-state index in [1.807, 2.05) is 6.08 Å². The van der Waals surface area contributed by atoms with Crippen LogP contribution < -0.4 is 0 Å². The Morgan fingerprint density at radius 1 is 1.00 bits per heavy atom. The van der Waals surface area contributed by atoms with Crippen molar-refractivity contribution in [1.82, 2.24) is 0 Å². The van der Waals surface area contributed by atoms with Crippen molar-refractivity contribution in [3.8, 4) is 0 Å². The number of allylic oxidation sites excluding steroid dienone is 4. The predicted molar refractivity (Wildman–Crippen MR) is 86.3 cm³/mol. The lowest BCUT2D eigenvalue weighted by Crippen LogP contribution is -1.85. The molecule has 0 unspecified atom stereocenters. The van der Waals surface area contributed by atoms with Gasteiger partial charge in [0.05, 0.1) is 0 Å². The first-order chi connectivity index (χ1) is 9.11. The molecule has 0 heterocycles. The van der Waals surface area contributed by atoms with E-state index in [0.29, 0.717) is 0 Å². The van der Waals surface area contributed by atoms with Crippen LogP contribution in [0.2, 0.25) is 0 Å². The molecule has 0 atom stereocenters. The molecule has 96 valence electrons. The summed E-state index contributed by atoms with van der Waals surface area (Å²) in [6.07, 6.45) is 6.30. The van der Waals surface area contributed by atoms with Gasteiger partial charge in [0.15, 0.2) is 0 Å². The van der Waals surface area contributed by atoms with Crippen LogP contribution in [-0.2, 0) is 0 Å². The van der Waals surface area contributed by atoms with Gasteiger partial charge in [-0.3, -0.25) is 0 Å². The Balaban J connectivity index is 2.59. The van der Waals surface area contributed by atoms with Crippen molar-refractivity contribution in [3.05, 3.63) is 77.4 Å². The number of hydrogen-bond donors (Lipinski definition) is 0. The van der Waals surface area contributed by atoms with Crippen molar-refractivity contribution in [3.63, 3.8) is 0 Å². The van der Waals surface area contributed by atoms with Gasteiger partial charge in [0.2, 0.25) is 0 Å². The highest BCUT2D eigenvalue weighted by atomic mass is 14.1. The van der Waals surface area contributed by atoms with Crippen LogP contribution in [-0.4, -0.2) is 0 Å². The lowest BCUT2D eigenvalue weighted by atomic mass is 9.97. The Morgan fingerprint density at radius 2 is 1.74 bits per heavy atom. The van der Waals surface area contributed by atoms with Crippen molar-refractivity contribution < 1.29 is 0 Å². The molecule has 0 aromatic heterocycles. The molecule has 0 spiro atoms.